The normalized spacial score (nSPS) is 10.1. The number of hydrogen-bond acceptors (Lipinski definition) is 4. The minimum Gasteiger partial charge on any atom is -0.444 e. The number of amides is 1. The molecule has 0 radical (unpaired) electrons. The van der Waals surface area contributed by atoms with Crippen molar-refractivity contribution in [2.75, 3.05) is 11.9 Å². The number of nitrogens with two attached hydrogens (primary N) is 1. The predicted molar refractivity (Wildman–Crippen MR) is 77.2 cm³/mol. The van der Waals surface area contributed by atoms with Crippen molar-refractivity contribution in [3.63, 3.8) is 0 Å². The molecule has 104 valence electrons. The van der Waals surface area contributed by atoms with E-state index >= 15 is 0 Å². The van der Waals surface area contributed by atoms with Gasteiger partial charge in [-0.25, -0.2) is 9.78 Å². The van der Waals surface area contributed by atoms with Gasteiger partial charge in [0.15, 0.2) is 0 Å². The van der Waals surface area contributed by atoms with Crippen LogP contribution in [0.2, 0.25) is 0 Å². The Morgan fingerprint density at radius 1 is 1.25 bits per heavy atom. The molecule has 0 bridgehead atoms. The number of pyridine rings is 1. The first-order chi connectivity index (χ1) is 9.70. The number of benzene rings is 1. The predicted octanol–water partition coefficient (Wildman–Crippen LogP) is 2.31. The maximum absolute atomic E-state index is 11.9. The molecule has 0 fully saturated rings. The molecule has 2 aromatic rings. The molecule has 5 heteroatoms. The van der Waals surface area contributed by atoms with E-state index in [-0.39, 0.29) is 6.61 Å². The van der Waals surface area contributed by atoms with E-state index in [9.17, 15) is 4.79 Å². The zero-order chi connectivity index (χ0) is 14.4. The van der Waals surface area contributed by atoms with Crippen LogP contribution >= 0.6 is 0 Å². The van der Waals surface area contributed by atoms with Gasteiger partial charge < -0.3 is 10.5 Å². The Labute approximate surface area is 118 Å². The van der Waals surface area contributed by atoms with Crippen LogP contribution in [0, 0.1) is 0 Å². The summed E-state index contributed by atoms with van der Waals surface area (Å²) >= 11 is 0. The Bertz CT molecular complexity index is 572. The summed E-state index contributed by atoms with van der Waals surface area (Å²) in [7, 11) is 1.62. The molecule has 2 rings (SSSR count). The Hall–Kier alpha value is -2.40. The van der Waals surface area contributed by atoms with Crippen molar-refractivity contribution in [1.29, 1.82) is 0 Å². The summed E-state index contributed by atoms with van der Waals surface area (Å²) in [6, 6.07) is 13.1. The van der Waals surface area contributed by atoms with Crippen LogP contribution in [0.25, 0.3) is 0 Å². The van der Waals surface area contributed by atoms with Gasteiger partial charge in [0.1, 0.15) is 12.4 Å². The summed E-state index contributed by atoms with van der Waals surface area (Å²) in [5, 5.41) is 0. The van der Waals surface area contributed by atoms with E-state index in [2.05, 4.69) is 4.98 Å². The van der Waals surface area contributed by atoms with Crippen LogP contribution in [0.15, 0.2) is 48.7 Å². The molecule has 1 aromatic heterocycles. The highest BCUT2D eigenvalue weighted by molar-refractivity contribution is 5.85. The quantitative estimate of drug-likeness (QED) is 0.926. The Morgan fingerprint density at radius 3 is 2.70 bits per heavy atom. The van der Waals surface area contributed by atoms with E-state index in [1.165, 1.54) is 4.90 Å². The molecule has 1 amide bonds. The van der Waals surface area contributed by atoms with Crippen LogP contribution in [-0.2, 0) is 17.9 Å². The van der Waals surface area contributed by atoms with Crippen LogP contribution < -0.4 is 10.6 Å². The summed E-state index contributed by atoms with van der Waals surface area (Å²) in [4.78, 5) is 17.4. The smallest absolute Gasteiger partial charge is 0.415 e. The SMILES string of the molecule is CN(C(=O)OCc1ccccc1)c1cc(CN)ccn1. The van der Waals surface area contributed by atoms with Crippen LogP contribution in [0.4, 0.5) is 10.6 Å². The van der Waals surface area contributed by atoms with Crippen molar-refractivity contribution in [1.82, 2.24) is 4.98 Å². The van der Waals surface area contributed by atoms with Gasteiger partial charge in [-0.2, -0.15) is 0 Å². The third-order valence-corrected chi connectivity index (χ3v) is 2.87. The van der Waals surface area contributed by atoms with Crippen molar-refractivity contribution in [3.8, 4) is 0 Å². The minimum absolute atomic E-state index is 0.237. The molecule has 0 spiro atoms. The lowest BCUT2D eigenvalue weighted by molar-refractivity contribution is 0.148. The van der Waals surface area contributed by atoms with E-state index in [0.29, 0.717) is 12.4 Å². The zero-order valence-corrected chi connectivity index (χ0v) is 11.3. The van der Waals surface area contributed by atoms with Gasteiger partial charge in [0.2, 0.25) is 0 Å². The Morgan fingerprint density at radius 2 is 2.00 bits per heavy atom. The summed E-state index contributed by atoms with van der Waals surface area (Å²) < 4.78 is 5.23. The molecular formula is C15H17N3O2. The molecule has 0 atom stereocenters. The first-order valence-electron chi connectivity index (χ1n) is 6.30. The highest BCUT2D eigenvalue weighted by Gasteiger charge is 2.13. The first kappa shape index (κ1) is 14.0. The number of ether oxygens (including phenoxy) is 1. The number of carbonyl (C=O) groups is 1. The van der Waals surface area contributed by atoms with Crippen LogP contribution in [-0.4, -0.2) is 18.1 Å². The topological polar surface area (TPSA) is 68.5 Å². The van der Waals surface area contributed by atoms with Gasteiger partial charge in [0.25, 0.3) is 0 Å². The van der Waals surface area contributed by atoms with E-state index in [0.717, 1.165) is 11.1 Å². The third-order valence-electron chi connectivity index (χ3n) is 2.87. The number of carbonyl (C=O) groups excluding carboxylic acids is 1. The molecular weight excluding hydrogens is 254 g/mol. The van der Waals surface area contributed by atoms with Gasteiger partial charge in [-0.15, -0.1) is 0 Å². The molecule has 1 aromatic carbocycles. The zero-order valence-electron chi connectivity index (χ0n) is 11.3. The first-order valence-corrected chi connectivity index (χ1v) is 6.30. The summed E-state index contributed by atoms with van der Waals surface area (Å²) in [5.74, 6) is 0.519. The van der Waals surface area contributed by atoms with Crippen LogP contribution in [0.5, 0.6) is 0 Å². The summed E-state index contributed by atoms with van der Waals surface area (Å²) in [6.45, 7) is 0.642. The highest BCUT2D eigenvalue weighted by atomic mass is 16.6. The highest BCUT2D eigenvalue weighted by Crippen LogP contribution is 2.12. The standard InChI is InChI=1S/C15H17N3O2/c1-18(14-9-13(10-16)7-8-17-14)15(19)20-11-12-5-3-2-4-6-12/h2-9H,10-11,16H2,1H3. The van der Waals surface area contributed by atoms with Crippen molar-refractivity contribution in [3.05, 3.63) is 59.8 Å². The largest absolute Gasteiger partial charge is 0.444 e. The van der Waals surface area contributed by atoms with Crippen LogP contribution in [0.1, 0.15) is 11.1 Å². The van der Waals surface area contributed by atoms with Gasteiger partial charge in [-0.1, -0.05) is 30.3 Å². The van der Waals surface area contributed by atoms with Crippen molar-refractivity contribution >= 4 is 11.9 Å². The third kappa shape index (κ3) is 3.55. The molecule has 1 heterocycles. The summed E-state index contributed by atoms with van der Waals surface area (Å²) in [5.41, 5.74) is 7.42. The number of hydrogen-bond donors (Lipinski definition) is 1. The molecule has 5 nitrogen and oxygen atoms in total. The molecule has 2 N–H and O–H groups in total. The van der Waals surface area contributed by atoms with Crippen molar-refractivity contribution < 1.29 is 9.53 Å². The fourth-order valence-corrected chi connectivity index (χ4v) is 1.68. The monoisotopic (exact) mass is 271 g/mol. The Balaban J connectivity index is 1.98. The lowest BCUT2D eigenvalue weighted by Crippen LogP contribution is -2.27. The number of anilines is 1. The molecule has 0 aliphatic rings. The summed E-state index contributed by atoms with van der Waals surface area (Å²) in [6.07, 6.45) is 1.17. The number of nitrogens with zero attached hydrogens (tertiary/aromatic N) is 2. The van der Waals surface area contributed by atoms with E-state index in [1.807, 2.05) is 36.4 Å². The van der Waals surface area contributed by atoms with Crippen molar-refractivity contribution in [2.24, 2.45) is 5.73 Å². The number of aromatic nitrogens is 1. The van der Waals surface area contributed by atoms with Crippen molar-refractivity contribution in [2.45, 2.75) is 13.2 Å². The van der Waals surface area contributed by atoms with Gasteiger partial charge >= 0.3 is 6.09 Å². The second-order valence-corrected chi connectivity index (χ2v) is 4.33. The second kappa shape index (κ2) is 6.68. The molecule has 0 aliphatic heterocycles. The molecule has 0 aliphatic carbocycles. The maximum atomic E-state index is 11.9. The molecule has 0 unspecified atom stereocenters. The van der Waals surface area contributed by atoms with Crippen LogP contribution in [0.3, 0.4) is 0 Å². The fraction of sp³-hybridized carbons (Fsp3) is 0.200. The average molecular weight is 271 g/mol. The number of rotatable bonds is 4. The van der Waals surface area contributed by atoms with Gasteiger partial charge in [-0.05, 0) is 23.3 Å². The molecule has 0 saturated carbocycles. The van der Waals surface area contributed by atoms with E-state index in [4.69, 9.17) is 10.5 Å². The van der Waals surface area contributed by atoms with Gasteiger partial charge in [-0.3, -0.25) is 4.90 Å². The molecule has 20 heavy (non-hydrogen) atoms. The van der Waals surface area contributed by atoms with Gasteiger partial charge in [0.05, 0.1) is 0 Å². The molecule has 0 saturated heterocycles. The lowest BCUT2D eigenvalue weighted by Gasteiger charge is -2.16. The lowest BCUT2D eigenvalue weighted by atomic mass is 10.2. The Kier molecular flexibility index (Phi) is 4.68. The van der Waals surface area contributed by atoms with E-state index < -0.39 is 6.09 Å². The van der Waals surface area contributed by atoms with E-state index in [1.54, 1.807) is 19.3 Å². The fourth-order valence-electron chi connectivity index (χ4n) is 1.68. The average Bonchev–Trinajstić information content (AvgIpc) is 2.53. The maximum Gasteiger partial charge on any atom is 0.415 e. The minimum atomic E-state index is -0.449. The second-order valence-electron chi connectivity index (χ2n) is 4.33. The van der Waals surface area contributed by atoms with Gasteiger partial charge in [0, 0.05) is 19.8 Å².